The second-order valence-electron chi connectivity index (χ2n) is 7.55. The molecular weight excluding hydrogens is 408 g/mol. The number of hydrogen-bond donors (Lipinski definition) is 0. The molecule has 158 valence electrons. The number of morpholine rings is 1. The Morgan fingerprint density at radius 3 is 2.67 bits per heavy atom. The van der Waals surface area contributed by atoms with Crippen molar-refractivity contribution >= 4 is 23.2 Å². The maximum Gasteiger partial charge on any atom is 0.293 e. The van der Waals surface area contributed by atoms with E-state index in [-0.39, 0.29) is 25.2 Å². The van der Waals surface area contributed by atoms with Crippen LogP contribution in [-0.4, -0.2) is 63.1 Å². The largest absolute Gasteiger partial charge is 0.491 e. The number of carbonyl (C=O) groups excluding carboxylic acids is 1. The van der Waals surface area contributed by atoms with Gasteiger partial charge >= 0.3 is 0 Å². The Bertz CT molecular complexity index is 918. The second kappa shape index (κ2) is 8.17. The molecule has 5 rings (SSSR count). The molecule has 8 heteroatoms. The Hall–Kier alpha value is -2.16. The molecule has 0 aliphatic carbocycles. The van der Waals surface area contributed by atoms with Gasteiger partial charge in [0.2, 0.25) is 0 Å². The first-order chi connectivity index (χ1) is 14.7. The molecular formula is C22H23ClN2O5. The zero-order valence-electron chi connectivity index (χ0n) is 16.5. The van der Waals surface area contributed by atoms with E-state index < -0.39 is 5.79 Å². The van der Waals surface area contributed by atoms with Gasteiger partial charge in [-0.25, -0.2) is 0 Å². The van der Waals surface area contributed by atoms with E-state index in [1.165, 1.54) is 0 Å². The number of amides is 1. The Kier molecular flexibility index (Phi) is 5.39. The molecule has 0 aromatic heterocycles. The SMILES string of the molecule is O=C1N(CN2CCOCC2)c2ccccc2[C@]12OC[C@H](COc1ccc(Cl)cc1)O2. The van der Waals surface area contributed by atoms with Crippen LogP contribution in [0.2, 0.25) is 5.02 Å². The Morgan fingerprint density at radius 1 is 1.10 bits per heavy atom. The lowest BCUT2D eigenvalue weighted by Crippen LogP contribution is -2.49. The van der Waals surface area contributed by atoms with Crippen molar-refractivity contribution in [3.63, 3.8) is 0 Å². The molecule has 7 nitrogen and oxygen atoms in total. The summed E-state index contributed by atoms with van der Waals surface area (Å²) >= 11 is 5.92. The molecule has 0 N–H and O–H groups in total. The van der Waals surface area contributed by atoms with Gasteiger partial charge in [0.25, 0.3) is 11.7 Å². The van der Waals surface area contributed by atoms with E-state index in [1.54, 1.807) is 29.2 Å². The molecule has 3 heterocycles. The number of anilines is 1. The van der Waals surface area contributed by atoms with Crippen LogP contribution in [0.15, 0.2) is 48.5 Å². The third-order valence-electron chi connectivity index (χ3n) is 5.58. The highest BCUT2D eigenvalue weighted by atomic mass is 35.5. The lowest BCUT2D eigenvalue weighted by atomic mass is 10.1. The number of hydrogen-bond acceptors (Lipinski definition) is 6. The third-order valence-corrected chi connectivity index (χ3v) is 5.83. The van der Waals surface area contributed by atoms with Gasteiger partial charge in [-0.15, -0.1) is 0 Å². The van der Waals surface area contributed by atoms with Crippen molar-refractivity contribution in [2.45, 2.75) is 11.9 Å². The molecule has 0 unspecified atom stereocenters. The van der Waals surface area contributed by atoms with Crippen molar-refractivity contribution in [2.75, 3.05) is 51.1 Å². The van der Waals surface area contributed by atoms with Gasteiger partial charge in [-0.1, -0.05) is 29.8 Å². The Balaban J connectivity index is 1.32. The maximum absolute atomic E-state index is 13.5. The van der Waals surface area contributed by atoms with Gasteiger partial charge in [-0.2, -0.15) is 0 Å². The molecule has 2 aromatic carbocycles. The number of rotatable bonds is 5. The Labute approximate surface area is 180 Å². The first-order valence-electron chi connectivity index (χ1n) is 10.1. The fraction of sp³-hybridized carbons (Fsp3) is 0.409. The number of fused-ring (bicyclic) bond motifs is 2. The predicted molar refractivity (Wildman–Crippen MR) is 111 cm³/mol. The molecule has 2 fully saturated rings. The fourth-order valence-corrected chi connectivity index (χ4v) is 4.17. The summed E-state index contributed by atoms with van der Waals surface area (Å²) in [5, 5.41) is 0.648. The molecule has 1 amide bonds. The van der Waals surface area contributed by atoms with E-state index in [9.17, 15) is 4.79 Å². The number of nitrogens with zero attached hydrogens (tertiary/aromatic N) is 2. The predicted octanol–water partition coefficient (Wildman–Crippen LogP) is 2.62. The summed E-state index contributed by atoms with van der Waals surface area (Å²) < 4.78 is 23.5. The third kappa shape index (κ3) is 3.57. The van der Waals surface area contributed by atoms with Gasteiger partial charge in [0, 0.05) is 23.7 Å². The zero-order chi connectivity index (χ0) is 20.6. The van der Waals surface area contributed by atoms with E-state index in [2.05, 4.69) is 4.90 Å². The normalized spacial score (nSPS) is 26.4. The maximum atomic E-state index is 13.5. The van der Waals surface area contributed by atoms with E-state index in [0.29, 0.717) is 30.7 Å². The number of ether oxygens (including phenoxy) is 4. The van der Waals surface area contributed by atoms with Gasteiger partial charge in [0.1, 0.15) is 18.5 Å². The first-order valence-corrected chi connectivity index (χ1v) is 10.5. The summed E-state index contributed by atoms with van der Waals surface area (Å²) in [6.45, 7) is 3.97. The van der Waals surface area contributed by atoms with Crippen molar-refractivity contribution in [3.8, 4) is 5.75 Å². The quantitative estimate of drug-likeness (QED) is 0.726. The van der Waals surface area contributed by atoms with E-state index >= 15 is 0 Å². The highest BCUT2D eigenvalue weighted by Crippen LogP contribution is 2.47. The van der Waals surface area contributed by atoms with Crippen LogP contribution in [0.3, 0.4) is 0 Å². The molecule has 3 aliphatic rings. The molecule has 2 aromatic rings. The van der Waals surface area contributed by atoms with Gasteiger partial charge in [0.15, 0.2) is 0 Å². The molecule has 2 saturated heterocycles. The minimum Gasteiger partial charge on any atom is -0.491 e. The van der Waals surface area contributed by atoms with Gasteiger partial charge in [0.05, 0.1) is 32.2 Å². The minimum absolute atomic E-state index is 0.191. The molecule has 0 bridgehead atoms. The number of benzene rings is 2. The van der Waals surface area contributed by atoms with Crippen LogP contribution in [0.1, 0.15) is 5.56 Å². The summed E-state index contributed by atoms with van der Waals surface area (Å²) in [4.78, 5) is 17.4. The van der Waals surface area contributed by atoms with Crippen molar-refractivity contribution < 1.29 is 23.7 Å². The first kappa shape index (κ1) is 19.8. The molecule has 0 radical (unpaired) electrons. The van der Waals surface area contributed by atoms with Gasteiger partial charge in [-0.05, 0) is 30.3 Å². The topological polar surface area (TPSA) is 60.5 Å². The van der Waals surface area contributed by atoms with Crippen molar-refractivity contribution in [2.24, 2.45) is 0 Å². The average Bonchev–Trinajstić information content (AvgIpc) is 3.31. The van der Waals surface area contributed by atoms with E-state index in [1.807, 2.05) is 24.3 Å². The summed E-state index contributed by atoms with van der Waals surface area (Å²) in [6, 6.07) is 14.8. The standard InChI is InChI=1S/C22H23ClN2O5/c23-16-5-7-17(8-6-16)28-13-18-14-29-22(30-18)19-3-1-2-4-20(19)25(21(22)26)15-24-9-11-27-12-10-24/h1-8,18H,9-15H2/t18-,22+/m0/s1. The number of halogens is 1. The van der Waals surface area contributed by atoms with Crippen LogP contribution in [0.25, 0.3) is 0 Å². The average molecular weight is 431 g/mol. The molecule has 3 aliphatic heterocycles. The summed E-state index contributed by atoms with van der Waals surface area (Å²) in [5.41, 5.74) is 1.57. The van der Waals surface area contributed by atoms with Crippen LogP contribution in [-0.2, 0) is 24.8 Å². The van der Waals surface area contributed by atoms with E-state index in [0.717, 1.165) is 24.3 Å². The second-order valence-corrected chi connectivity index (χ2v) is 7.99. The van der Waals surface area contributed by atoms with Crippen molar-refractivity contribution in [3.05, 3.63) is 59.1 Å². The highest BCUT2D eigenvalue weighted by molar-refractivity contribution is 6.30. The van der Waals surface area contributed by atoms with Gasteiger partial charge in [-0.3, -0.25) is 14.6 Å². The monoisotopic (exact) mass is 430 g/mol. The smallest absolute Gasteiger partial charge is 0.293 e. The van der Waals surface area contributed by atoms with E-state index in [4.69, 9.17) is 30.5 Å². The molecule has 1 spiro atoms. The van der Waals surface area contributed by atoms with Crippen molar-refractivity contribution in [1.29, 1.82) is 0 Å². The summed E-state index contributed by atoms with van der Waals surface area (Å²) in [6.07, 6.45) is -0.360. The molecule has 0 saturated carbocycles. The number of para-hydroxylation sites is 1. The lowest BCUT2D eigenvalue weighted by molar-refractivity contribution is -0.187. The van der Waals surface area contributed by atoms with Crippen LogP contribution < -0.4 is 9.64 Å². The highest BCUT2D eigenvalue weighted by Gasteiger charge is 2.58. The van der Waals surface area contributed by atoms with Gasteiger partial charge < -0.3 is 18.9 Å². The van der Waals surface area contributed by atoms with Crippen molar-refractivity contribution in [1.82, 2.24) is 4.90 Å². The Morgan fingerprint density at radius 2 is 1.87 bits per heavy atom. The summed E-state index contributed by atoms with van der Waals surface area (Å²) in [5.74, 6) is -0.906. The molecule has 30 heavy (non-hydrogen) atoms. The summed E-state index contributed by atoms with van der Waals surface area (Å²) in [7, 11) is 0. The number of carbonyl (C=O) groups is 1. The molecule has 2 atom stereocenters. The zero-order valence-corrected chi connectivity index (χ0v) is 17.2. The van der Waals surface area contributed by atoms with Crippen LogP contribution in [0.5, 0.6) is 5.75 Å². The fourth-order valence-electron chi connectivity index (χ4n) is 4.04. The van der Waals surface area contributed by atoms with Crippen LogP contribution in [0.4, 0.5) is 5.69 Å². The lowest BCUT2D eigenvalue weighted by Gasteiger charge is -2.31. The van der Waals surface area contributed by atoms with Crippen LogP contribution >= 0.6 is 11.6 Å². The minimum atomic E-state index is -1.41. The van der Waals surface area contributed by atoms with Crippen LogP contribution in [0, 0.1) is 0 Å².